The highest BCUT2D eigenvalue weighted by molar-refractivity contribution is 5.94. The van der Waals surface area contributed by atoms with Gasteiger partial charge in [-0.2, -0.15) is 0 Å². The molecule has 1 saturated carbocycles. The van der Waals surface area contributed by atoms with Crippen molar-refractivity contribution in [1.82, 2.24) is 9.80 Å². The minimum Gasteiger partial charge on any atom is -0.342 e. The van der Waals surface area contributed by atoms with Gasteiger partial charge in [-0.1, -0.05) is 31.4 Å². The Labute approximate surface area is 169 Å². The van der Waals surface area contributed by atoms with Crippen LogP contribution in [0.15, 0.2) is 24.3 Å². The smallest absolute Gasteiger partial charge is 0.253 e. The van der Waals surface area contributed by atoms with Gasteiger partial charge in [0, 0.05) is 37.7 Å². The molecule has 2 heterocycles. The number of hydrogen-bond acceptors (Lipinski definition) is 2. The normalized spacial score (nSPS) is 22.3. The van der Waals surface area contributed by atoms with Crippen molar-refractivity contribution in [2.24, 2.45) is 5.92 Å². The summed E-state index contributed by atoms with van der Waals surface area (Å²) in [6.07, 6.45) is 11.7. The van der Waals surface area contributed by atoms with Gasteiger partial charge in [0.25, 0.3) is 5.91 Å². The molecule has 0 bridgehead atoms. The van der Waals surface area contributed by atoms with Crippen molar-refractivity contribution in [3.8, 4) is 0 Å². The van der Waals surface area contributed by atoms with E-state index >= 15 is 0 Å². The maximum atomic E-state index is 12.9. The van der Waals surface area contributed by atoms with E-state index in [0.717, 1.165) is 44.3 Å². The SMILES string of the molecule is O=C(c1ccc(C2CCCCC2)cc1)N1CCC(C(=O)N2CCCCC2)CC1. The van der Waals surface area contributed by atoms with Crippen LogP contribution in [0.1, 0.15) is 86.0 Å². The highest BCUT2D eigenvalue weighted by Gasteiger charge is 2.31. The van der Waals surface area contributed by atoms with Crippen LogP contribution in [0.2, 0.25) is 0 Å². The molecule has 0 atom stereocenters. The molecule has 0 radical (unpaired) electrons. The van der Waals surface area contributed by atoms with Gasteiger partial charge in [-0.15, -0.1) is 0 Å². The molecule has 1 aromatic carbocycles. The molecule has 4 nitrogen and oxygen atoms in total. The zero-order valence-corrected chi connectivity index (χ0v) is 17.1. The van der Waals surface area contributed by atoms with Gasteiger partial charge in [0.05, 0.1) is 0 Å². The quantitative estimate of drug-likeness (QED) is 0.767. The predicted molar refractivity (Wildman–Crippen MR) is 111 cm³/mol. The monoisotopic (exact) mass is 382 g/mol. The van der Waals surface area contributed by atoms with Crippen molar-refractivity contribution in [1.29, 1.82) is 0 Å². The summed E-state index contributed by atoms with van der Waals surface area (Å²) in [5.74, 6) is 1.23. The van der Waals surface area contributed by atoms with Crippen LogP contribution in [0.4, 0.5) is 0 Å². The van der Waals surface area contributed by atoms with E-state index in [1.54, 1.807) is 0 Å². The Hall–Kier alpha value is -1.84. The predicted octanol–water partition coefficient (Wildman–Crippen LogP) is 4.60. The topological polar surface area (TPSA) is 40.6 Å². The van der Waals surface area contributed by atoms with Gasteiger partial charge >= 0.3 is 0 Å². The van der Waals surface area contributed by atoms with Gasteiger partial charge < -0.3 is 9.80 Å². The number of amides is 2. The van der Waals surface area contributed by atoms with Gasteiger partial charge in [0.15, 0.2) is 0 Å². The fraction of sp³-hybridized carbons (Fsp3) is 0.667. The molecule has 3 aliphatic rings. The second-order valence-electron chi connectivity index (χ2n) is 8.91. The summed E-state index contributed by atoms with van der Waals surface area (Å²) in [7, 11) is 0. The Balaban J connectivity index is 1.30. The molecule has 152 valence electrons. The van der Waals surface area contributed by atoms with Crippen LogP contribution in [0.3, 0.4) is 0 Å². The molecule has 1 aromatic rings. The van der Waals surface area contributed by atoms with E-state index in [9.17, 15) is 9.59 Å². The lowest BCUT2D eigenvalue weighted by Gasteiger charge is -2.35. The van der Waals surface area contributed by atoms with Crippen molar-refractivity contribution in [2.75, 3.05) is 26.2 Å². The van der Waals surface area contributed by atoms with E-state index < -0.39 is 0 Å². The molecule has 2 aliphatic heterocycles. The first-order chi connectivity index (χ1) is 13.7. The largest absolute Gasteiger partial charge is 0.342 e. The second-order valence-corrected chi connectivity index (χ2v) is 8.91. The third kappa shape index (κ3) is 4.42. The summed E-state index contributed by atoms with van der Waals surface area (Å²) in [6.45, 7) is 3.25. The van der Waals surface area contributed by atoms with Gasteiger partial charge in [-0.05, 0) is 68.6 Å². The number of nitrogens with zero attached hydrogens (tertiary/aromatic N) is 2. The zero-order valence-electron chi connectivity index (χ0n) is 17.1. The first-order valence-corrected chi connectivity index (χ1v) is 11.4. The number of rotatable bonds is 3. The van der Waals surface area contributed by atoms with Crippen molar-refractivity contribution in [3.63, 3.8) is 0 Å². The van der Waals surface area contributed by atoms with Crippen molar-refractivity contribution in [3.05, 3.63) is 35.4 Å². The summed E-state index contributed by atoms with van der Waals surface area (Å²) < 4.78 is 0. The minimum atomic E-state index is 0.107. The maximum absolute atomic E-state index is 12.9. The van der Waals surface area contributed by atoms with Crippen LogP contribution >= 0.6 is 0 Å². The Morgan fingerprint density at radius 1 is 0.679 bits per heavy atom. The van der Waals surface area contributed by atoms with E-state index in [4.69, 9.17) is 0 Å². The summed E-state index contributed by atoms with van der Waals surface area (Å²) in [5, 5.41) is 0. The number of benzene rings is 1. The molecule has 28 heavy (non-hydrogen) atoms. The number of carbonyl (C=O) groups excluding carboxylic acids is 2. The molecule has 2 saturated heterocycles. The van der Waals surface area contributed by atoms with Crippen LogP contribution in [0.5, 0.6) is 0 Å². The zero-order chi connectivity index (χ0) is 19.3. The van der Waals surface area contributed by atoms with Gasteiger partial charge in [0.1, 0.15) is 0 Å². The van der Waals surface area contributed by atoms with E-state index in [1.807, 2.05) is 17.0 Å². The molecule has 0 unspecified atom stereocenters. The Bertz CT molecular complexity index is 664. The maximum Gasteiger partial charge on any atom is 0.253 e. The Morgan fingerprint density at radius 3 is 1.93 bits per heavy atom. The minimum absolute atomic E-state index is 0.107. The summed E-state index contributed by atoms with van der Waals surface area (Å²) in [4.78, 5) is 29.6. The average molecular weight is 383 g/mol. The molecule has 4 rings (SSSR count). The van der Waals surface area contributed by atoms with Crippen LogP contribution in [0.25, 0.3) is 0 Å². The van der Waals surface area contributed by atoms with Crippen LogP contribution < -0.4 is 0 Å². The lowest BCUT2D eigenvalue weighted by atomic mass is 9.84. The second kappa shape index (κ2) is 9.11. The fourth-order valence-electron chi connectivity index (χ4n) is 5.22. The van der Waals surface area contributed by atoms with Crippen LogP contribution in [-0.2, 0) is 4.79 Å². The van der Waals surface area contributed by atoms with E-state index in [-0.39, 0.29) is 11.8 Å². The summed E-state index contributed by atoms with van der Waals surface area (Å²) in [5.41, 5.74) is 2.18. The molecular formula is C24H34N2O2. The molecule has 0 N–H and O–H groups in total. The number of piperidine rings is 2. The highest BCUT2D eigenvalue weighted by atomic mass is 16.2. The average Bonchev–Trinajstić information content (AvgIpc) is 2.79. The van der Waals surface area contributed by atoms with Crippen LogP contribution in [-0.4, -0.2) is 47.8 Å². The van der Waals surface area contributed by atoms with Crippen molar-refractivity contribution < 1.29 is 9.59 Å². The lowest BCUT2D eigenvalue weighted by molar-refractivity contribution is -0.137. The van der Waals surface area contributed by atoms with E-state index in [0.29, 0.717) is 24.9 Å². The fourth-order valence-corrected chi connectivity index (χ4v) is 5.22. The van der Waals surface area contributed by atoms with Gasteiger partial charge in [-0.25, -0.2) is 0 Å². The molecule has 4 heteroatoms. The highest BCUT2D eigenvalue weighted by Crippen LogP contribution is 2.32. The molecule has 3 fully saturated rings. The third-order valence-electron chi connectivity index (χ3n) is 7.03. The van der Waals surface area contributed by atoms with E-state index in [1.165, 1.54) is 44.1 Å². The molecule has 1 aliphatic carbocycles. The number of carbonyl (C=O) groups is 2. The molecule has 0 spiro atoms. The Morgan fingerprint density at radius 2 is 1.29 bits per heavy atom. The third-order valence-corrected chi connectivity index (χ3v) is 7.03. The van der Waals surface area contributed by atoms with Crippen molar-refractivity contribution >= 4 is 11.8 Å². The summed E-state index contributed by atoms with van der Waals surface area (Å²) in [6, 6.07) is 8.35. The lowest BCUT2D eigenvalue weighted by Crippen LogP contribution is -2.45. The molecule has 0 aromatic heterocycles. The molecular weight excluding hydrogens is 348 g/mol. The first-order valence-electron chi connectivity index (χ1n) is 11.4. The van der Waals surface area contributed by atoms with E-state index in [2.05, 4.69) is 17.0 Å². The number of hydrogen-bond donors (Lipinski definition) is 0. The first kappa shape index (κ1) is 19.5. The standard InChI is InChI=1S/C24H34N2O2/c27-23(21-11-9-20(10-12-21)19-7-3-1-4-8-19)26-17-13-22(14-18-26)24(28)25-15-5-2-6-16-25/h9-12,19,22H,1-8,13-18H2. The summed E-state index contributed by atoms with van der Waals surface area (Å²) >= 11 is 0. The van der Waals surface area contributed by atoms with Gasteiger partial charge in [-0.3, -0.25) is 9.59 Å². The van der Waals surface area contributed by atoms with Crippen LogP contribution in [0, 0.1) is 5.92 Å². The number of likely N-dealkylation sites (tertiary alicyclic amines) is 2. The Kier molecular flexibility index (Phi) is 6.33. The van der Waals surface area contributed by atoms with Gasteiger partial charge in [0.2, 0.25) is 5.91 Å². The molecule has 2 amide bonds. The van der Waals surface area contributed by atoms with Crippen molar-refractivity contribution in [2.45, 2.75) is 70.1 Å².